The molecule has 0 spiro atoms. The molecule has 0 aromatic rings. The first-order valence-electron chi connectivity index (χ1n) is 5.45. The topological polar surface area (TPSA) is 19.9 Å². The molecule has 0 N–H and O–H groups in total. The van der Waals surface area contributed by atoms with E-state index in [4.69, 9.17) is 0 Å². The lowest BCUT2D eigenvalue weighted by atomic mass is 10.2. The van der Waals surface area contributed by atoms with Gasteiger partial charge in [0.2, 0.25) is 0 Å². The van der Waals surface area contributed by atoms with Crippen molar-refractivity contribution in [1.82, 2.24) is 0 Å². The average molecular weight is 181 g/mol. The average Bonchev–Trinajstić information content (AvgIpc) is 2.16. The van der Waals surface area contributed by atoms with Gasteiger partial charge in [0.25, 0.3) is 0 Å². The molecule has 1 radical (unpaired) electrons. The molecule has 0 unspecified atom stereocenters. The van der Waals surface area contributed by atoms with Crippen molar-refractivity contribution in [3.63, 3.8) is 0 Å². The molecule has 1 heteroatoms. The van der Waals surface area contributed by atoms with Crippen molar-refractivity contribution in [2.75, 3.05) is 6.61 Å². The molecule has 0 amide bonds. The van der Waals surface area contributed by atoms with Crippen molar-refractivity contribution in [1.29, 1.82) is 0 Å². The van der Waals surface area contributed by atoms with Crippen LogP contribution in [0.1, 0.15) is 58.3 Å². The summed E-state index contributed by atoms with van der Waals surface area (Å²) in [6, 6.07) is 0. The van der Waals surface area contributed by atoms with Crippen LogP contribution in [0.3, 0.4) is 0 Å². The second-order valence-corrected chi connectivity index (χ2v) is 3.33. The van der Waals surface area contributed by atoms with Gasteiger partial charge in [0, 0.05) is 12.8 Å². The molecule has 0 saturated carbocycles. The largest absolute Gasteiger partial charge is 0.237 e. The Morgan fingerprint density at radius 2 is 1.46 bits per heavy atom. The lowest BCUT2D eigenvalue weighted by Gasteiger charge is -1.91. The van der Waals surface area contributed by atoms with E-state index in [9.17, 15) is 5.11 Å². The Bertz CT molecular complexity index is 141. The lowest BCUT2D eigenvalue weighted by molar-refractivity contribution is 0.186. The minimum Gasteiger partial charge on any atom is -0.237 e. The zero-order valence-electron chi connectivity index (χ0n) is 8.77. The molecule has 0 atom stereocenters. The molecule has 0 aliphatic rings. The van der Waals surface area contributed by atoms with Crippen molar-refractivity contribution in [2.24, 2.45) is 0 Å². The van der Waals surface area contributed by atoms with Crippen LogP contribution in [-0.2, 0) is 5.11 Å². The maximum Gasteiger partial charge on any atom is 0.0822 e. The molecule has 0 aliphatic carbocycles. The molecule has 0 heterocycles. The van der Waals surface area contributed by atoms with Gasteiger partial charge in [-0.15, -0.1) is 11.8 Å². The highest BCUT2D eigenvalue weighted by Crippen LogP contribution is 1.99. The van der Waals surface area contributed by atoms with Crippen LogP contribution in [0.2, 0.25) is 0 Å². The molecule has 0 saturated heterocycles. The summed E-state index contributed by atoms with van der Waals surface area (Å²) in [5, 5.41) is 10.1. The monoisotopic (exact) mass is 181 g/mol. The molecule has 1 nitrogen and oxygen atoms in total. The van der Waals surface area contributed by atoms with Crippen LogP contribution in [0.15, 0.2) is 0 Å². The lowest BCUT2D eigenvalue weighted by Crippen LogP contribution is -1.80. The molecule has 0 bridgehead atoms. The normalized spacial score (nSPS) is 9.38. The Labute approximate surface area is 82.5 Å². The van der Waals surface area contributed by atoms with Crippen LogP contribution >= 0.6 is 0 Å². The zero-order valence-corrected chi connectivity index (χ0v) is 8.77. The summed E-state index contributed by atoms with van der Waals surface area (Å²) in [5.74, 6) is 6.32. The number of hydrogen-bond donors (Lipinski definition) is 0. The van der Waals surface area contributed by atoms with E-state index in [0.29, 0.717) is 0 Å². The fourth-order valence-corrected chi connectivity index (χ4v) is 1.13. The van der Waals surface area contributed by atoms with Gasteiger partial charge in [0.15, 0.2) is 0 Å². The van der Waals surface area contributed by atoms with E-state index in [0.717, 1.165) is 32.1 Å². The molecular weight excluding hydrogens is 160 g/mol. The van der Waals surface area contributed by atoms with Crippen molar-refractivity contribution in [2.45, 2.75) is 58.3 Å². The van der Waals surface area contributed by atoms with E-state index >= 15 is 0 Å². The van der Waals surface area contributed by atoms with Crippen LogP contribution < -0.4 is 0 Å². The van der Waals surface area contributed by atoms with Crippen molar-refractivity contribution in [3.05, 3.63) is 0 Å². The molecule has 0 aromatic carbocycles. The predicted molar refractivity (Wildman–Crippen MR) is 55.9 cm³/mol. The molecule has 0 rings (SSSR count). The second kappa shape index (κ2) is 11.5. The highest BCUT2D eigenvalue weighted by molar-refractivity contribution is 4.98. The third-order valence-corrected chi connectivity index (χ3v) is 1.98. The first-order chi connectivity index (χ1) is 6.41. The predicted octanol–water partition coefficient (Wildman–Crippen LogP) is 3.56. The SMILES string of the molecule is CCCCCC#CCCCCC[O]. The van der Waals surface area contributed by atoms with Crippen molar-refractivity contribution >= 4 is 0 Å². The number of unbranched alkanes of at least 4 members (excludes halogenated alkanes) is 6. The van der Waals surface area contributed by atoms with Gasteiger partial charge in [0.1, 0.15) is 0 Å². The highest BCUT2D eigenvalue weighted by Gasteiger charge is 1.85. The Kier molecular flexibility index (Phi) is 11.1. The van der Waals surface area contributed by atoms with E-state index < -0.39 is 0 Å². The Hall–Kier alpha value is -0.480. The van der Waals surface area contributed by atoms with Crippen LogP contribution in [-0.4, -0.2) is 6.61 Å². The minimum absolute atomic E-state index is 0.0733. The first kappa shape index (κ1) is 12.5. The summed E-state index contributed by atoms with van der Waals surface area (Å²) in [7, 11) is 0. The van der Waals surface area contributed by atoms with E-state index in [1.165, 1.54) is 19.3 Å². The van der Waals surface area contributed by atoms with Crippen LogP contribution in [0.5, 0.6) is 0 Å². The molecule has 75 valence electrons. The Morgan fingerprint density at radius 1 is 0.846 bits per heavy atom. The molecule has 0 fully saturated rings. The number of hydrogen-bond acceptors (Lipinski definition) is 0. The smallest absolute Gasteiger partial charge is 0.0822 e. The van der Waals surface area contributed by atoms with Crippen molar-refractivity contribution < 1.29 is 5.11 Å². The summed E-state index contributed by atoms with van der Waals surface area (Å²) in [4.78, 5) is 0. The van der Waals surface area contributed by atoms with Gasteiger partial charge in [-0.05, 0) is 19.3 Å². The third-order valence-electron chi connectivity index (χ3n) is 1.98. The summed E-state index contributed by atoms with van der Waals surface area (Å²) in [6.07, 6.45) is 8.80. The van der Waals surface area contributed by atoms with Gasteiger partial charge in [-0.1, -0.05) is 26.2 Å². The van der Waals surface area contributed by atoms with Crippen LogP contribution in [0.25, 0.3) is 0 Å². The summed E-state index contributed by atoms with van der Waals surface area (Å²) in [6.45, 7) is 2.28. The molecular formula is C12H21O. The molecule has 13 heavy (non-hydrogen) atoms. The van der Waals surface area contributed by atoms with Gasteiger partial charge < -0.3 is 0 Å². The highest BCUT2D eigenvalue weighted by atomic mass is 16.2. The van der Waals surface area contributed by atoms with Gasteiger partial charge in [-0.3, -0.25) is 0 Å². The van der Waals surface area contributed by atoms with Gasteiger partial charge in [-0.25, -0.2) is 5.11 Å². The number of rotatable bonds is 7. The van der Waals surface area contributed by atoms with E-state index in [1.807, 2.05) is 0 Å². The van der Waals surface area contributed by atoms with E-state index in [-0.39, 0.29) is 6.61 Å². The van der Waals surface area contributed by atoms with Gasteiger partial charge >= 0.3 is 0 Å². The first-order valence-corrected chi connectivity index (χ1v) is 5.45. The fraction of sp³-hybridized carbons (Fsp3) is 0.833. The quantitative estimate of drug-likeness (QED) is 0.423. The van der Waals surface area contributed by atoms with Gasteiger partial charge in [0.05, 0.1) is 6.61 Å². The molecule has 0 aliphatic heterocycles. The van der Waals surface area contributed by atoms with E-state index in [1.54, 1.807) is 0 Å². The minimum atomic E-state index is 0.0733. The summed E-state index contributed by atoms with van der Waals surface area (Å²) >= 11 is 0. The maximum absolute atomic E-state index is 10.1. The van der Waals surface area contributed by atoms with Crippen molar-refractivity contribution in [3.8, 4) is 11.8 Å². The fourth-order valence-electron chi connectivity index (χ4n) is 1.13. The second-order valence-electron chi connectivity index (χ2n) is 3.33. The van der Waals surface area contributed by atoms with Gasteiger partial charge in [-0.2, -0.15) is 0 Å². The molecule has 0 aromatic heterocycles. The summed E-state index contributed by atoms with van der Waals surface area (Å²) < 4.78 is 0. The standard InChI is InChI=1S/C12H21O/c1-2-3-4-5-6-7-8-9-10-11-12-13/h2-5,8-12H2,1H3. The van der Waals surface area contributed by atoms with Crippen LogP contribution in [0.4, 0.5) is 0 Å². The maximum atomic E-state index is 10.1. The summed E-state index contributed by atoms with van der Waals surface area (Å²) in [5.41, 5.74) is 0. The Morgan fingerprint density at radius 3 is 2.00 bits per heavy atom. The van der Waals surface area contributed by atoms with Crippen LogP contribution in [0, 0.1) is 11.8 Å². The van der Waals surface area contributed by atoms with E-state index in [2.05, 4.69) is 18.8 Å². The zero-order chi connectivity index (χ0) is 9.78. The third kappa shape index (κ3) is 11.5. The Balaban J connectivity index is 3.02.